The Balaban J connectivity index is 2.16. The predicted octanol–water partition coefficient (Wildman–Crippen LogP) is 2.27. The van der Waals surface area contributed by atoms with Crippen LogP contribution in [0.3, 0.4) is 0 Å². The van der Waals surface area contributed by atoms with Gasteiger partial charge in [0.15, 0.2) is 5.75 Å². The summed E-state index contributed by atoms with van der Waals surface area (Å²) in [6.45, 7) is 12.2. The molecule has 2 rings (SSSR count). The Morgan fingerprint density at radius 2 is 2.04 bits per heavy atom. The molecule has 5 heteroatoms. The molecule has 1 aliphatic heterocycles. The summed E-state index contributed by atoms with van der Waals surface area (Å²) in [6, 6.07) is 2.17. The number of hydrogen-bond acceptors (Lipinski definition) is 4. The molecule has 23 heavy (non-hydrogen) atoms. The zero-order valence-corrected chi connectivity index (χ0v) is 14.8. The van der Waals surface area contributed by atoms with Gasteiger partial charge in [0, 0.05) is 37.4 Å². The number of likely N-dealkylation sites (N-methyl/N-ethyl adjacent to an activating group) is 1. The van der Waals surface area contributed by atoms with Crippen LogP contribution in [0, 0.1) is 0 Å². The molecule has 1 atom stereocenters. The minimum Gasteiger partial charge on any atom is -0.503 e. The third kappa shape index (κ3) is 4.82. The van der Waals surface area contributed by atoms with Gasteiger partial charge >= 0.3 is 0 Å². The fourth-order valence-electron chi connectivity index (χ4n) is 3.34. The number of hydrogen-bond donors (Lipinski definition) is 1. The Hall–Kier alpha value is -1.33. The van der Waals surface area contributed by atoms with E-state index in [9.17, 15) is 9.90 Å². The molecule has 0 aromatic carbocycles. The van der Waals surface area contributed by atoms with Crippen molar-refractivity contribution in [2.75, 3.05) is 26.2 Å². The van der Waals surface area contributed by atoms with Gasteiger partial charge in [0.05, 0.1) is 6.20 Å². The van der Waals surface area contributed by atoms with Crippen LogP contribution in [0.15, 0.2) is 17.1 Å². The van der Waals surface area contributed by atoms with Crippen molar-refractivity contribution < 1.29 is 5.11 Å². The molecular formula is C18H31N3O2. The molecule has 5 nitrogen and oxygen atoms in total. The molecule has 1 aromatic rings. The lowest BCUT2D eigenvalue weighted by Gasteiger charge is -2.34. The second-order valence-electron chi connectivity index (χ2n) is 6.55. The number of piperidine rings is 1. The molecule has 0 amide bonds. The fourth-order valence-corrected chi connectivity index (χ4v) is 3.34. The summed E-state index contributed by atoms with van der Waals surface area (Å²) >= 11 is 0. The molecule has 0 radical (unpaired) electrons. The van der Waals surface area contributed by atoms with Gasteiger partial charge in [-0.1, -0.05) is 20.3 Å². The lowest BCUT2D eigenvalue weighted by atomic mass is 10.0. The van der Waals surface area contributed by atoms with Gasteiger partial charge in [-0.2, -0.15) is 0 Å². The number of aromatic hydroxyl groups is 1. The van der Waals surface area contributed by atoms with Crippen LogP contribution >= 0.6 is 0 Å². The van der Waals surface area contributed by atoms with Gasteiger partial charge in [-0.3, -0.25) is 9.69 Å². The normalized spacial score (nSPS) is 19.4. The van der Waals surface area contributed by atoms with E-state index in [2.05, 4.69) is 35.1 Å². The van der Waals surface area contributed by atoms with Crippen molar-refractivity contribution in [2.24, 2.45) is 0 Å². The second-order valence-corrected chi connectivity index (χ2v) is 6.55. The molecule has 1 aromatic heterocycles. The third-order valence-corrected chi connectivity index (χ3v) is 5.05. The van der Waals surface area contributed by atoms with Crippen molar-refractivity contribution in [3.05, 3.63) is 28.2 Å². The van der Waals surface area contributed by atoms with Gasteiger partial charge in [0.2, 0.25) is 5.43 Å². The second kappa shape index (κ2) is 8.50. The first-order chi connectivity index (χ1) is 11.0. The van der Waals surface area contributed by atoms with Crippen molar-refractivity contribution in [1.29, 1.82) is 0 Å². The molecule has 1 unspecified atom stereocenters. The molecule has 1 saturated heterocycles. The van der Waals surface area contributed by atoms with E-state index in [4.69, 9.17) is 0 Å². The highest BCUT2D eigenvalue weighted by Gasteiger charge is 2.20. The lowest BCUT2D eigenvalue weighted by Crippen LogP contribution is -2.38. The van der Waals surface area contributed by atoms with Gasteiger partial charge in [-0.15, -0.1) is 0 Å². The smallest absolute Gasteiger partial charge is 0.223 e. The van der Waals surface area contributed by atoms with Crippen LogP contribution in [0.5, 0.6) is 5.75 Å². The maximum atomic E-state index is 11.9. The average molecular weight is 321 g/mol. The fraction of sp³-hybridized carbons (Fsp3) is 0.722. The first-order valence-corrected chi connectivity index (χ1v) is 8.93. The van der Waals surface area contributed by atoms with Gasteiger partial charge < -0.3 is 14.6 Å². The maximum absolute atomic E-state index is 11.9. The van der Waals surface area contributed by atoms with Crippen LogP contribution in [0.2, 0.25) is 0 Å². The van der Waals surface area contributed by atoms with Crippen LogP contribution in [0.25, 0.3) is 0 Å². The zero-order valence-electron chi connectivity index (χ0n) is 14.8. The topological polar surface area (TPSA) is 48.7 Å². The summed E-state index contributed by atoms with van der Waals surface area (Å²) in [5.74, 6) is -0.153. The van der Waals surface area contributed by atoms with Crippen molar-refractivity contribution in [1.82, 2.24) is 14.4 Å². The molecule has 0 saturated carbocycles. The van der Waals surface area contributed by atoms with E-state index in [1.807, 2.05) is 0 Å². The summed E-state index contributed by atoms with van der Waals surface area (Å²) < 4.78 is 2.05. The highest BCUT2D eigenvalue weighted by Crippen LogP contribution is 2.19. The lowest BCUT2D eigenvalue weighted by molar-refractivity contribution is 0.148. The Morgan fingerprint density at radius 1 is 1.30 bits per heavy atom. The van der Waals surface area contributed by atoms with E-state index >= 15 is 0 Å². The van der Waals surface area contributed by atoms with Gasteiger partial charge in [-0.25, -0.2) is 0 Å². The molecule has 2 heterocycles. The Bertz CT molecular complexity index is 552. The molecule has 130 valence electrons. The molecule has 1 N–H and O–H groups in total. The Kier molecular flexibility index (Phi) is 6.66. The summed E-state index contributed by atoms with van der Waals surface area (Å²) in [4.78, 5) is 16.7. The van der Waals surface area contributed by atoms with E-state index in [-0.39, 0.29) is 11.2 Å². The van der Waals surface area contributed by atoms with Crippen molar-refractivity contribution >= 4 is 0 Å². The maximum Gasteiger partial charge on any atom is 0.223 e. The zero-order chi connectivity index (χ0) is 16.8. The van der Waals surface area contributed by atoms with E-state index in [1.165, 1.54) is 19.3 Å². The summed E-state index contributed by atoms with van der Waals surface area (Å²) in [5.41, 5.74) is 0.734. The van der Waals surface area contributed by atoms with E-state index < -0.39 is 0 Å². The van der Waals surface area contributed by atoms with Gasteiger partial charge in [-0.05, 0) is 39.4 Å². The van der Waals surface area contributed by atoms with Crippen LogP contribution in [-0.4, -0.2) is 51.7 Å². The highest BCUT2D eigenvalue weighted by molar-refractivity contribution is 5.20. The number of rotatable bonds is 7. The number of aromatic nitrogens is 1. The molecule has 0 spiro atoms. The molecular weight excluding hydrogens is 290 g/mol. The minimum atomic E-state index is -0.274. The third-order valence-electron chi connectivity index (χ3n) is 5.05. The standard InChI is InChI=1S/C18H31N3O2/c1-4-19(5-2)10-11-21-14-18(23)17(22)12-16(21)13-20-9-7-6-8-15(20)3/h12,14-15,23H,4-11,13H2,1-3H3. The highest BCUT2D eigenvalue weighted by atomic mass is 16.3. The summed E-state index contributed by atoms with van der Waals surface area (Å²) in [6.07, 6.45) is 5.35. The monoisotopic (exact) mass is 321 g/mol. The van der Waals surface area contributed by atoms with Crippen LogP contribution in [0.4, 0.5) is 0 Å². The average Bonchev–Trinajstić information content (AvgIpc) is 2.54. The minimum absolute atomic E-state index is 0.153. The number of likely N-dealkylation sites (tertiary alicyclic amines) is 1. The van der Waals surface area contributed by atoms with E-state index in [0.29, 0.717) is 6.04 Å². The quantitative estimate of drug-likeness (QED) is 0.837. The van der Waals surface area contributed by atoms with Crippen LogP contribution < -0.4 is 5.43 Å². The molecule has 1 aliphatic rings. The van der Waals surface area contributed by atoms with Gasteiger partial charge in [0.1, 0.15) is 0 Å². The summed E-state index contributed by atoms with van der Waals surface area (Å²) in [5, 5.41) is 9.80. The first kappa shape index (κ1) is 18.0. The molecule has 1 fully saturated rings. The first-order valence-electron chi connectivity index (χ1n) is 8.93. The van der Waals surface area contributed by atoms with Crippen molar-refractivity contribution in [3.63, 3.8) is 0 Å². The Labute approximate surface area is 139 Å². The summed E-state index contributed by atoms with van der Waals surface area (Å²) in [7, 11) is 0. The number of pyridine rings is 1. The largest absolute Gasteiger partial charge is 0.503 e. The van der Waals surface area contributed by atoms with Crippen molar-refractivity contribution in [3.8, 4) is 5.75 Å². The predicted molar refractivity (Wildman–Crippen MR) is 93.9 cm³/mol. The SMILES string of the molecule is CCN(CC)CCn1cc(O)c(=O)cc1CN1CCCCC1C. The molecule has 0 aliphatic carbocycles. The van der Waals surface area contributed by atoms with E-state index in [1.54, 1.807) is 12.3 Å². The van der Waals surface area contributed by atoms with Gasteiger partial charge in [0.25, 0.3) is 0 Å². The van der Waals surface area contributed by atoms with Crippen molar-refractivity contribution in [2.45, 2.75) is 59.2 Å². The Morgan fingerprint density at radius 3 is 2.70 bits per heavy atom. The molecule has 0 bridgehead atoms. The number of nitrogens with zero attached hydrogens (tertiary/aromatic N) is 3. The van der Waals surface area contributed by atoms with E-state index in [0.717, 1.165) is 45.0 Å². The van der Waals surface area contributed by atoms with Crippen LogP contribution in [0.1, 0.15) is 45.7 Å². The van der Waals surface area contributed by atoms with Crippen LogP contribution in [-0.2, 0) is 13.1 Å².